The van der Waals surface area contributed by atoms with Crippen LogP contribution in [0.3, 0.4) is 0 Å². The normalized spacial score (nSPS) is 18.9. The summed E-state index contributed by atoms with van der Waals surface area (Å²) in [6.07, 6.45) is 0.251. The first-order chi connectivity index (χ1) is 9.06. The number of hydrogen-bond acceptors (Lipinski definition) is 3. The quantitative estimate of drug-likeness (QED) is 0.843. The van der Waals surface area contributed by atoms with Crippen LogP contribution in [0.4, 0.5) is 0 Å². The van der Waals surface area contributed by atoms with E-state index in [2.05, 4.69) is 0 Å². The van der Waals surface area contributed by atoms with Crippen molar-refractivity contribution in [2.75, 3.05) is 18.8 Å². The summed E-state index contributed by atoms with van der Waals surface area (Å²) >= 11 is 7.47. The van der Waals surface area contributed by atoms with Gasteiger partial charge in [-0.2, -0.15) is 0 Å². The van der Waals surface area contributed by atoms with Crippen molar-refractivity contribution >= 4 is 35.2 Å². The third-order valence-corrected chi connectivity index (χ3v) is 4.30. The lowest BCUT2D eigenvalue weighted by atomic mass is 10.1. The van der Waals surface area contributed by atoms with Gasteiger partial charge in [0, 0.05) is 35.2 Å². The summed E-state index contributed by atoms with van der Waals surface area (Å²) < 4.78 is 0. The van der Waals surface area contributed by atoms with Crippen molar-refractivity contribution in [2.24, 2.45) is 11.7 Å². The highest BCUT2D eigenvalue weighted by Crippen LogP contribution is 2.22. The van der Waals surface area contributed by atoms with Gasteiger partial charge in [-0.15, -0.1) is 11.8 Å². The van der Waals surface area contributed by atoms with Crippen LogP contribution in [0, 0.1) is 5.92 Å². The van der Waals surface area contributed by atoms with Crippen molar-refractivity contribution in [3.05, 3.63) is 29.3 Å². The Hall–Kier alpha value is -1.20. The number of benzene rings is 1. The smallest absolute Gasteiger partial charge is 0.223 e. The molecule has 2 N–H and O–H groups in total. The van der Waals surface area contributed by atoms with Crippen LogP contribution in [0.25, 0.3) is 0 Å². The first-order valence-electron chi connectivity index (χ1n) is 6.01. The Morgan fingerprint density at radius 2 is 2.11 bits per heavy atom. The third-order valence-electron chi connectivity index (χ3n) is 3.06. The summed E-state index contributed by atoms with van der Waals surface area (Å²) in [4.78, 5) is 25.5. The summed E-state index contributed by atoms with van der Waals surface area (Å²) in [5, 5.41) is 0.711. The number of carbonyl (C=O) groups is 2. The van der Waals surface area contributed by atoms with Gasteiger partial charge in [0.2, 0.25) is 11.8 Å². The monoisotopic (exact) mass is 298 g/mol. The van der Waals surface area contributed by atoms with E-state index >= 15 is 0 Å². The molecule has 1 atom stereocenters. The highest BCUT2D eigenvalue weighted by Gasteiger charge is 2.32. The van der Waals surface area contributed by atoms with E-state index in [9.17, 15) is 9.59 Å². The number of carbonyl (C=O) groups excluding carboxylic acids is 2. The second kappa shape index (κ2) is 6.30. The summed E-state index contributed by atoms with van der Waals surface area (Å²) in [6.45, 7) is 1.09. The molecule has 1 unspecified atom stereocenters. The van der Waals surface area contributed by atoms with Crippen molar-refractivity contribution in [3.8, 4) is 0 Å². The Morgan fingerprint density at radius 1 is 1.42 bits per heavy atom. The van der Waals surface area contributed by atoms with Crippen molar-refractivity contribution in [1.29, 1.82) is 0 Å². The molecule has 102 valence electrons. The van der Waals surface area contributed by atoms with Gasteiger partial charge in [-0.05, 0) is 24.3 Å². The van der Waals surface area contributed by atoms with Crippen molar-refractivity contribution in [3.63, 3.8) is 0 Å². The molecule has 19 heavy (non-hydrogen) atoms. The summed E-state index contributed by atoms with van der Waals surface area (Å²) in [7, 11) is 0. The molecule has 1 aromatic carbocycles. The zero-order chi connectivity index (χ0) is 13.8. The van der Waals surface area contributed by atoms with Crippen LogP contribution >= 0.6 is 23.4 Å². The number of likely N-dealkylation sites (tertiary alicyclic amines) is 1. The predicted molar refractivity (Wildman–Crippen MR) is 76.1 cm³/mol. The molecule has 0 aliphatic carbocycles. The Kier molecular flexibility index (Phi) is 4.71. The van der Waals surface area contributed by atoms with Crippen LogP contribution in [0.2, 0.25) is 5.02 Å². The third kappa shape index (κ3) is 3.88. The average Bonchev–Trinajstić information content (AvgIpc) is 2.74. The Bertz CT molecular complexity index is 478. The minimum atomic E-state index is -0.388. The van der Waals surface area contributed by atoms with Crippen LogP contribution in [0.1, 0.15) is 6.42 Å². The molecule has 1 fully saturated rings. The minimum absolute atomic E-state index is 0.0144. The Balaban J connectivity index is 1.78. The molecule has 1 aliphatic rings. The van der Waals surface area contributed by atoms with Gasteiger partial charge in [0.15, 0.2) is 0 Å². The summed E-state index contributed by atoms with van der Waals surface area (Å²) in [5.41, 5.74) is 5.22. The lowest BCUT2D eigenvalue weighted by Crippen LogP contribution is -2.30. The Labute approximate surface area is 121 Å². The summed E-state index contributed by atoms with van der Waals surface area (Å²) in [6, 6.07) is 7.58. The van der Waals surface area contributed by atoms with Gasteiger partial charge < -0.3 is 10.6 Å². The number of amides is 2. The number of rotatable bonds is 5. The van der Waals surface area contributed by atoms with Crippen LogP contribution in [-0.2, 0) is 9.59 Å². The van der Waals surface area contributed by atoms with Crippen LogP contribution in [0.5, 0.6) is 0 Å². The number of nitrogens with zero attached hydrogens (tertiary/aromatic N) is 1. The minimum Gasteiger partial charge on any atom is -0.369 e. The van der Waals surface area contributed by atoms with Gasteiger partial charge in [-0.1, -0.05) is 11.6 Å². The fourth-order valence-corrected chi connectivity index (χ4v) is 2.99. The first-order valence-corrected chi connectivity index (χ1v) is 7.38. The van der Waals surface area contributed by atoms with E-state index in [1.165, 1.54) is 0 Å². The highest BCUT2D eigenvalue weighted by atomic mass is 35.5. The fourth-order valence-electron chi connectivity index (χ4n) is 1.98. The topological polar surface area (TPSA) is 63.4 Å². The largest absolute Gasteiger partial charge is 0.369 e. The molecule has 0 saturated carbocycles. The maximum atomic E-state index is 11.7. The number of nitrogens with two attached hydrogens (primary N) is 1. The molecule has 2 amide bonds. The molecule has 0 bridgehead atoms. The molecule has 1 aliphatic heterocycles. The van der Waals surface area contributed by atoms with E-state index in [0.29, 0.717) is 18.1 Å². The van der Waals surface area contributed by atoms with Crippen molar-refractivity contribution in [2.45, 2.75) is 11.3 Å². The molecule has 1 aromatic rings. The second-order valence-corrected chi connectivity index (χ2v) is 6.05. The maximum Gasteiger partial charge on any atom is 0.223 e. The number of primary amides is 1. The van der Waals surface area contributed by atoms with E-state index < -0.39 is 0 Å². The van der Waals surface area contributed by atoms with Gasteiger partial charge in [0.25, 0.3) is 0 Å². The number of halogens is 1. The highest BCUT2D eigenvalue weighted by molar-refractivity contribution is 7.99. The lowest BCUT2D eigenvalue weighted by Gasteiger charge is -2.15. The van der Waals surface area contributed by atoms with Gasteiger partial charge in [0.05, 0.1) is 5.92 Å². The summed E-state index contributed by atoms with van der Waals surface area (Å²) in [5.74, 6) is 0.0912. The molecular weight excluding hydrogens is 284 g/mol. The number of hydrogen-bond donors (Lipinski definition) is 1. The lowest BCUT2D eigenvalue weighted by molar-refractivity contribution is -0.128. The van der Waals surface area contributed by atoms with Crippen molar-refractivity contribution in [1.82, 2.24) is 4.90 Å². The van der Waals surface area contributed by atoms with Gasteiger partial charge in [0.1, 0.15) is 0 Å². The van der Waals surface area contributed by atoms with E-state index in [1.54, 1.807) is 16.7 Å². The molecule has 1 heterocycles. The number of thioether (sulfide) groups is 1. The molecule has 0 aromatic heterocycles. The van der Waals surface area contributed by atoms with Crippen LogP contribution in [-0.4, -0.2) is 35.6 Å². The second-order valence-electron chi connectivity index (χ2n) is 4.45. The zero-order valence-electron chi connectivity index (χ0n) is 10.3. The van der Waals surface area contributed by atoms with E-state index in [1.807, 2.05) is 24.3 Å². The zero-order valence-corrected chi connectivity index (χ0v) is 11.9. The van der Waals surface area contributed by atoms with E-state index in [4.69, 9.17) is 17.3 Å². The molecule has 0 radical (unpaired) electrons. The van der Waals surface area contributed by atoms with Crippen molar-refractivity contribution < 1.29 is 9.59 Å². The molecule has 2 rings (SSSR count). The molecule has 4 nitrogen and oxygen atoms in total. The molecule has 0 spiro atoms. The standard InChI is InChI=1S/C13H15ClN2O2S/c14-10-1-3-11(4-2-10)19-6-5-16-8-9(13(15)18)7-12(16)17/h1-4,9H,5-8H2,(H2,15,18). The van der Waals surface area contributed by atoms with Gasteiger partial charge in [-0.25, -0.2) is 0 Å². The molecular formula is C13H15ClN2O2S. The van der Waals surface area contributed by atoms with E-state index in [0.717, 1.165) is 10.6 Å². The van der Waals surface area contributed by atoms with Crippen LogP contribution < -0.4 is 5.73 Å². The SMILES string of the molecule is NC(=O)C1CC(=O)N(CCSc2ccc(Cl)cc2)C1. The molecule has 1 saturated heterocycles. The first kappa shape index (κ1) is 14.2. The van der Waals surface area contributed by atoms with Crippen LogP contribution in [0.15, 0.2) is 29.2 Å². The maximum absolute atomic E-state index is 11.7. The Morgan fingerprint density at radius 3 is 2.68 bits per heavy atom. The van der Waals surface area contributed by atoms with Gasteiger partial charge in [-0.3, -0.25) is 9.59 Å². The predicted octanol–water partition coefficient (Wildman–Crippen LogP) is 1.77. The average molecular weight is 299 g/mol. The van der Waals surface area contributed by atoms with E-state index in [-0.39, 0.29) is 24.2 Å². The van der Waals surface area contributed by atoms with Gasteiger partial charge >= 0.3 is 0 Å². The fraction of sp³-hybridized carbons (Fsp3) is 0.385. The molecule has 6 heteroatoms.